The molecule has 2 rings (SSSR count). The van der Waals surface area contributed by atoms with Crippen molar-refractivity contribution in [3.63, 3.8) is 0 Å². The van der Waals surface area contributed by atoms with Crippen molar-refractivity contribution in [2.24, 2.45) is 0 Å². The molecule has 1 aromatic carbocycles. The van der Waals surface area contributed by atoms with Crippen LogP contribution in [0.3, 0.4) is 0 Å². The zero-order valence-corrected chi connectivity index (χ0v) is 13.6. The fourth-order valence-electron chi connectivity index (χ4n) is 2.41. The zero-order chi connectivity index (χ0) is 15.2. The van der Waals surface area contributed by atoms with Gasteiger partial charge in [-0.1, -0.05) is 13.0 Å². The van der Waals surface area contributed by atoms with Crippen LogP contribution in [0.4, 0.5) is 4.39 Å². The first kappa shape index (κ1) is 16.0. The third-order valence-corrected chi connectivity index (χ3v) is 4.45. The zero-order valence-electron chi connectivity index (χ0n) is 12.8. The molecule has 1 unspecified atom stereocenters. The molecule has 114 valence electrons. The number of methoxy groups -OCH3 is 1. The van der Waals surface area contributed by atoms with Gasteiger partial charge in [0.1, 0.15) is 0 Å². The topological polar surface area (TPSA) is 21.3 Å². The molecule has 2 nitrogen and oxygen atoms in total. The van der Waals surface area contributed by atoms with Gasteiger partial charge in [0.15, 0.2) is 11.6 Å². The van der Waals surface area contributed by atoms with Gasteiger partial charge in [-0.25, -0.2) is 4.39 Å². The van der Waals surface area contributed by atoms with Crippen LogP contribution >= 0.6 is 11.3 Å². The van der Waals surface area contributed by atoms with Gasteiger partial charge in [-0.15, -0.1) is 0 Å². The van der Waals surface area contributed by atoms with E-state index in [2.05, 4.69) is 29.9 Å². The summed E-state index contributed by atoms with van der Waals surface area (Å²) in [5.41, 5.74) is 3.58. The van der Waals surface area contributed by atoms with E-state index in [0.29, 0.717) is 5.75 Å². The molecule has 0 aliphatic carbocycles. The Hall–Kier alpha value is -1.39. The van der Waals surface area contributed by atoms with Gasteiger partial charge in [-0.05, 0) is 65.9 Å². The molecule has 1 atom stereocenters. The molecule has 4 heteroatoms. The minimum atomic E-state index is -0.300. The minimum absolute atomic E-state index is 0.226. The van der Waals surface area contributed by atoms with Gasteiger partial charge in [-0.3, -0.25) is 0 Å². The Balaban J connectivity index is 2.18. The molecule has 1 heterocycles. The van der Waals surface area contributed by atoms with E-state index in [1.165, 1.54) is 18.2 Å². The Morgan fingerprint density at radius 2 is 2.14 bits per heavy atom. The van der Waals surface area contributed by atoms with E-state index in [0.717, 1.165) is 24.9 Å². The van der Waals surface area contributed by atoms with E-state index in [1.54, 1.807) is 23.5 Å². The molecule has 0 radical (unpaired) electrons. The van der Waals surface area contributed by atoms with Crippen molar-refractivity contribution in [3.05, 3.63) is 51.5 Å². The summed E-state index contributed by atoms with van der Waals surface area (Å²) < 4.78 is 18.8. The first-order chi connectivity index (χ1) is 10.2. The maximum absolute atomic E-state index is 13.8. The number of hydrogen-bond donors (Lipinski definition) is 1. The summed E-state index contributed by atoms with van der Waals surface area (Å²) in [7, 11) is 1.48. The number of aryl methyl sites for hydroxylation is 1. The summed E-state index contributed by atoms with van der Waals surface area (Å²) >= 11 is 1.71. The van der Waals surface area contributed by atoms with Crippen molar-refractivity contribution >= 4 is 11.3 Å². The first-order valence-corrected chi connectivity index (χ1v) is 8.18. The fourth-order valence-corrected chi connectivity index (χ4v) is 3.32. The van der Waals surface area contributed by atoms with E-state index in [1.807, 2.05) is 6.07 Å². The summed E-state index contributed by atoms with van der Waals surface area (Å²) in [6, 6.07) is 5.43. The van der Waals surface area contributed by atoms with Gasteiger partial charge in [0.25, 0.3) is 0 Å². The second kappa shape index (κ2) is 7.57. The van der Waals surface area contributed by atoms with E-state index in [-0.39, 0.29) is 11.9 Å². The molecule has 0 amide bonds. The van der Waals surface area contributed by atoms with Crippen molar-refractivity contribution < 1.29 is 9.13 Å². The Morgan fingerprint density at radius 1 is 1.33 bits per heavy atom. The van der Waals surface area contributed by atoms with Gasteiger partial charge in [0.2, 0.25) is 0 Å². The molecular formula is C17H22FNOS. The lowest BCUT2D eigenvalue weighted by atomic mass is 9.98. The monoisotopic (exact) mass is 307 g/mol. The van der Waals surface area contributed by atoms with Crippen molar-refractivity contribution in [1.29, 1.82) is 0 Å². The van der Waals surface area contributed by atoms with E-state index in [9.17, 15) is 4.39 Å². The normalized spacial score (nSPS) is 12.4. The number of thiophene rings is 1. The Labute approximate surface area is 130 Å². The standard InChI is InChI=1S/C17H22FNOS/c1-4-7-19-16(14-11-21-10-12(14)2)9-13-5-6-17(20-3)15(18)8-13/h5-6,8,10-11,16,19H,4,7,9H2,1-3H3. The third kappa shape index (κ3) is 4.05. The highest BCUT2D eigenvalue weighted by Gasteiger charge is 2.15. The summed E-state index contributed by atoms with van der Waals surface area (Å²) in [6.07, 6.45) is 1.86. The maximum Gasteiger partial charge on any atom is 0.165 e. The quantitative estimate of drug-likeness (QED) is 0.814. The number of nitrogens with one attached hydrogen (secondary N) is 1. The van der Waals surface area contributed by atoms with Crippen LogP contribution in [-0.4, -0.2) is 13.7 Å². The van der Waals surface area contributed by atoms with Crippen LogP contribution in [0.1, 0.15) is 36.1 Å². The predicted octanol–water partition coefficient (Wildman–Crippen LogP) is 4.49. The summed E-state index contributed by atoms with van der Waals surface area (Å²) in [5.74, 6) is -0.00480. The summed E-state index contributed by atoms with van der Waals surface area (Å²) in [6.45, 7) is 5.23. The van der Waals surface area contributed by atoms with Gasteiger partial charge in [0, 0.05) is 6.04 Å². The molecule has 1 aromatic heterocycles. The molecule has 0 saturated heterocycles. The lowest BCUT2D eigenvalue weighted by Crippen LogP contribution is -2.24. The largest absolute Gasteiger partial charge is 0.494 e. The molecule has 0 bridgehead atoms. The second-order valence-electron chi connectivity index (χ2n) is 5.19. The number of halogens is 1. The highest BCUT2D eigenvalue weighted by molar-refractivity contribution is 7.08. The second-order valence-corrected chi connectivity index (χ2v) is 5.93. The van der Waals surface area contributed by atoms with Gasteiger partial charge < -0.3 is 10.1 Å². The molecule has 0 saturated carbocycles. The molecule has 2 aromatic rings. The van der Waals surface area contributed by atoms with Gasteiger partial charge in [-0.2, -0.15) is 11.3 Å². The van der Waals surface area contributed by atoms with Crippen LogP contribution in [0.2, 0.25) is 0 Å². The van der Waals surface area contributed by atoms with Crippen molar-refractivity contribution in [2.45, 2.75) is 32.7 Å². The van der Waals surface area contributed by atoms with Crippen LogP contribution in [0.25, 0.3) is 0 Å². The Morgan fingerprint density at radius 3 is 2.71 bits per heavy atom. The van der Waals surface area contributed by atoms with Crippen LogP contribution in [0.15, 0.2) is 29.0 Å². The third-order valence-electron chi connectivity index (χ3n) is 3.57. The van der Waals surface area contributed by atoms with E-state index < -0.39 is 0 Å². The average molecular weight is 307 g/mol. The van der Waals surface area contributed by atoms with Gasteiger partial charge in [0.05, 0.1) is 7.11 Å². The lowest BCUT2D eigenvalue weighted by Gasteiger charge is -2.19. The van der Waals surface area contributed by atoms with Crippen LogP contribution in [0.5, 0.6) is 5.75 Å². The Kier molecular flexibility index (Phi) is 5.76. The number of hydrogen-bond acceptors (Lipinski definition) is 3. The van der Waals surface area contributed by atoms with Crippen molar-refractivity contribution in [2.75, 3.05) is 13.7 Å². The molecule has 0 aliphatic heterocycles. The highest BCUT2D eigenvalue weighted by Crippen LogP contribution is 2.26. The molecule has 0 aliphatic rings. The first-order valence-electron chi connectivity index (χ1n) is 7.24. The van der Waals surface area contributed by atoms with Crippen LogP contribution in [0, 0.1) is 12.7 Å². The molecule has 21 heavy (non-hydrogen) atoms. The van der Waals surface area contributed by atoms with Crippen molar-refractivity contribution in [3.8, 4) is 5.75 Å². The summed E-state index contributed by atoms with van der Waals surface area (Å²) in [4.78, 5) is 0. The molecular weight excluding hydrogens is 285 g/mol. The smallest absolute Gasteiger partial charge is 0.165 e. The number of rotatable bonds is 7. The lowest BCUT2D eigenvalue weighted by molar-refractivity contribution is 0.386. The molecule has 0 spiro atoms. The predicted molar refractivity (Wildman–Crippen MR) is 86.7 cm³/mol. The van der Waals surface area contributed by atoms with Crippen LogP contribution < -0.4 is 10.1 Å². The van der Waals surface area contributed by atoms with E-state index in [4.69, 9.17) is 4.74 Å². The van der Waals surface area contributed by atoms with Crippen LogP contribution in [-0.2, 0) is 6.42 Å². The molecule has 1 N–H and O–H groups in total. The van der Waals surface area contributed by atoms with E-state index >= 15 is 0 Å². The molecule has 0 fully saturated rings. The fraction of sp³-hybridized carbons (Fsp3) is 0.412. The highest BCUT2D eigenvalue weighted by atomic mass is 32.1. The minimum Gasteiger partial charge on any atom is -0.494 e. The SMILES string of the molecule is CCCNC(Cc1ccc(OC)c(F)c1)c1cscc1C. The maximum atomic E-state index is 13.8. The van der Waals surface area contributed by atoms with Gasteiger partial charge >= 0.3 is 0 Å². The Bertz CT molecular complexity index is 582. The summed E-state index contributed by atoms with van der Waals surface area (Å²) in [5, 5.41) is 7.90. The number of benzene rings is 1. The van der Waals surface area contributed by atoms with Crippen molar-refractivity contribution in [1.82, 2.24) is 5.32 Å². The average Bonchev–Trinajstić information content (AvgIpc) is 2.90. The number of ether oxygens (including phenoxy) is 1.